The molecular weight excluding hydrogens is 256 g/mol. The fraction of sp³-hybridized carbons (Fsp3) is 0.333. The molecule has 0 unspecified atom stereocenters. The third-order valence-electron chi connectivity index (χ3n) is 2.83. The van der Waals surface area contributed by atoms with Gasteiger partial charge in [0.05, 0.1) is 16.3 Å². The Kier molecular flexibility index (Phi) is 3.84. The van der Waals surface area contributed by atoms with Gasteiger partial charge in [0, 0.05) is 6.42 Å². The minimum Gasteiger partial charge on any atom is -0.478 e. The molecule has 1 saturated heterocycles. The summed E-state index contributed by atoms with van der Waals surface area (Å²) in [5.74, 6) is -0.845. The van der Waals surface area contributed by atoms with E-state index in [1.54, 1.807) is 0 Å². The smallest absolute Gasteiger partial charge is 0.335 e. The van der Waals surface area contributed by atoms with Gasteiger partial charge >= 0.3 is 5.97 Å². The third-order valence-corrected chi connectivity index (χ3v) is 3.16. The fourth-order valence-electron chi connectivity index (χ4n) is 1.71. The van der Waals surface area contributed by atoms with Gasteiger partial charge in [-0.05, 0) is 37.2 Å². The summed E-state index contributed by atoms with van der Waals surface area (Å²) in [5.41, 5.74) is 0.439. The van der Waals surface area contributed by atoms with Crippen molar-refractivity contribution in [3.63, 3.8) is 0 Å². The van der Waals surface area contributed by atoms with E-state index < -0.39 is 5.97 Å². The molecule has 6 heteroatoms. The molecule has 1 fully saturated rings. The normalized spacial score (nSPS) is 14.9. The maximum Gasteiger partial charge on any atom is 0.335 e. The first-order valence-electron chi connectivity index (χ1n) is 5.59. The van der Waals surface area contributed by atoms with E-state index in [0.717, 1.165) is 13.1 Å². The second-order valence-electron chi connectivity index (χ2n) is 4.28. The van der Waals surface area contributed by atoms with Crippen LogP contribution in [0, 0.1) is 5.92 Å². The van der Waals surface area contributed by atoms with E-state index in [1.165, 1.54) is 18.2 Å². The number of benzene rings is 1. The predicted molar refractivity (Wildman–Crippen MR) is 68.0 cm³/mol. The molecule has 96 valence electrons. The van der Waals surface area contributed by atoms with Crippen molar-refractivity contribution in [3.8, 4) is 0 Å². The molecule has 1 aromatic carbocycles. The van der Waals surface area contributed by atoms with Crippen LogP contribution in [0.2, 0.25) is 5.02 Å². The minimum absolute atomic E-state index is 0.0972. The summed E-state index contributed by atoms with van der Waals surface area (Å²) in [4.78, 5) is 22.5. The van der Waals surface area contributed by atoms with Crippen LogP contribution in [0.15, 0.2) is 18.2 Å². The molecule has 1 heterocycles. The number of amides is 1. The second-order valence-corrected chi connectivity index (χ2v) is 4.68. The Morgan fingerprint density at radius 1 is 1.44 bits per heavy atom. The highest BCUT2D eigenvalue weighted by Gasteiger charge is 2.20. The number of hydrogen-bond donors (Lipinski definition) is 3. The summed E-state index contributed by atoms with van der Waals surface area (Å²) in [6, 6.07) is 4.23. The quantitative estimate of drug-likeness (QED) is 0.775. The van der Waals surface area contributed by atoms with E-state index in [2.05, 4.69) is 10.6 Å². The number of hydrogen-bond acceptors (Lipinski definition) is 3. The van der Waals surface area contributed by atoms with Gasteiger partial charge in [0.25, 0.3) is 0 Å². The lowest BCUT2D eigenvalue weighted by Gasteiger charge is -2.26. The lowest BCUT2D eigenvalue weighted by Crippen LogP contribution is -2.43. The Morgan fingerprint density at radius 3 is 2.72 bits per heavy atom. The molecule has 0 radical (unpaired) electrons. The second kappa shape index (κ2) is 5.37. The van der Waals surface area contributed by atoms with Gasteiger partial charge < -0.3 is 15.7 Å². The van der Waals surface area contributed by atoms with Gasteiger partial charge in [0.1, 0.15) is 0 Å². The van der Waals surface area contributed by atoms with Crippen molar-refractivity contribution < 1.29 is 14.7 Å². The van der Waals surface area contributed by atoms with E-state index in [1.807, 2.05) is 0 Å². The molecule has 1 aromatic rings. The summed E-state index contributed by atoms with van der Waals surface area (Å²) in [6.07, 6.45) is 0.417. The van der Waals surface area contributed by atoms with Gasteiger partial charge in [-0.15, -0.1) is 0 Å². The Labute approximate surface area is 109 Å². The minimum atomic E-state index is -1.05. The third kappa shape index (κ3) is 3.00. The molecule has 1 aliphatic rings. The molecular formula is C12H13ClN2O3. The Morgan fingerprint density at radius 2 is 2.17 bits per heavy atom. The number of carboxylic acids is 1. The van der Waals surface area contributed by atoms with E-state index in [0.29, 0.717) is 23.0 Å². The van der Waals surface area contributed by atoms with Crippen LogP contribution in [0.5, 0.6) is 0 Å². The summed E-state index contributed by atoms with van der Waals surface area (Å²) in [7, 11) is 0. The molecule has 5 nitrogen and oxygen atoms in total. The average molecular weight is 269 g/mol. The standard InChI is InChI=1S/C12H13ClN2O3/c13-9-2-1-8(12(17)18)4-10(9)15-11(16)3-7-5-14-6-7/h1-2,4,7,14H,3,5-6H2,(H,15,16)(H,17,18). The lowest BCUT2D eigenvalue weighted by atomic mass is 9.99. The van der Waals surface area contributed by atoms with Gasteiger partial charge in [0.2, 0.25) is 5.91 Å². The molecule has 1 amide bonds. The Bertz CT molecular complexity index is 486. The van der Waals surface area contributed by atoms with Gasteiger partial charge in [-0.2, -0.15) is 0 Å². The highest BCUT2D eigenvalue weighted by Crippen LogP contribution is 2.23. The number of anilines is 1. The van der Waals surface area contributed by atoms with Crippen LogP contribution in [0.3, 0.4) is 0 Å². The van der Waals surface area contributed by atoms with Crippen molar-refractivity contribution in [2.45, 2.75) is 6.42 Å². The number of halogens is 1. The van der Waals surface area contributed by atoms with Crippen molar-refractivity contribution in [2.75, 3.05) is 18.4 Å². The predicted octanol–water partition coefficient (Wildman–Crippen LogP) is 1.59. The first kappa shape index (κ1) is 12.9. The largest absolute Gasteiger partial charge is 0.478 e. The Hall–Kier alpha value is -1.59. The van der Waals surface area contributed by atoms with Crippen LogP contribution in [0.25, 0.3) is 0 Å². The van der Waals surface area contributed by atoms with Crippen molar-refractivity contribution in [2.24, 2.45) is 5.92 Å². The molecule has 3 N–H and O–H groups in total. The summed E-state index contributed by atoms with van der Waals surface area (Å²) >= 11 is 5.91. The Balaban J connectivity index is 2.04. The zero-order valence-electron chi connectivity index (χ0n) is 9.57. The number of aromatic carboxylic acids is 1. The van der Waals surface area contributed by atoms with Crippen LogP contribution in [-0.4, -0.2) is 30.1 Å². The van der Waals surface area contributed by atoms with Gasteiger partial charge in [0.15, 0.2) is 0 Å². The topological polar surface area (TPSA) is 78.4 Å². The maximum atomic E-state index is 11.7. The van der Waals surface area contributed by atoms with E-state index >= 15 is 0 Å². The van der Waals surface area contributed by atoms with Gasteiger partial charge in [-0.3, -0.25) is 4.79 Å². The van der Waals surface area contributed by atoms with E-state index in [-0.39, 0.29) is 11.5 Å². The van der Waals surface area contributed by atoms with Crippen LogP contribution >= 0.6 is 11.6 Å². The zero-order chi connectivity index (χ0) is 13.1. The fourth-order valence-corrected chi connectivity index (χ4v) is 1.88. The van der Waals surface area contributed by atoms with Crippen molar-refractivity contribution >= 4 is 29.2 Å². The van der Waals surface area contributed by atoms with Crippen molar-refractivity contribution in [1.29, 1.82) is 0 Å². The highest BCUT2D eigenvalue weighted by molar-refractivity contribution is 6.33. The van der Waals surface area contributed by atoms with Gasteiger partial charge in [-0.1, -0.05) is 11.6 Å². The number of carbonyl (C=O) groups is 2. The maximum absolute atomic E-state index is 11.7. The molecule has 0 aromatic heterocycles. The summed E-state index contributed by atoms with van der Waals surface area (Å²) < 4.78 is 0. The molecule has 0 bridgehead atoms. The molecule has 0 spiro atoms. The average Bonchev–Trinajstić information content (AvgIpc) is 2.26. The SMILES string of the molecule is O=C(CC1CNC1)Nc1cc(C(=O)O)ccc1Cl. The molecule has 0 saturated carbocycles. The van der Waals surface area contributed by atoms with E-state index in [9.17, 15) is 9.59 Å². The van der Waals surface area contributed by atoms with Crippen molar-refractivity contribution in [3.05, 3.63) is 28.8 Å². The molecule has 2 rings (SSSR count). The molecule has 1 aliphatic heterocycles. The van der Waals surface area contributed by atoms with Crippen molar-refractivity contribution in [1.82, 2.24) is 5.32 Å². The number of rotatable bonds is 4. The van der Waals surface area contributed by atoms with Crippen LogP contribution in [0.1, 0.15) is 16.8 Å². The highest BCUT2D eigenvalue weighted by atomic mass is 35.5. The van der Waals surface area contributed by atoms with Gasteiger partial charge in [-0.25, -0.2) is 4.79 Å². The van der Waals surface area contributed by atoms with Crippen LogP contribution < -0.4 is 10.6 Å². The monoisotopic (exact) mass is 268 g/mol. The van der Waals surface area contributed by atoms with E-state index in [4.69, 9.17) is 16.7 Å². The number of carboxylic acid groups (broad SMARTS) is 1. The first-order chi connectivity index (χ1) is 8.56. The molecule has 0 atom stereocenters. The number of carbonyl (C=O) groups excluding carboxylic acids is 1. The van der Waals surface area contributed by atoms with Crippen LogP contribution in [-0.2, 0) is 4.79 Å². The van der Waals surface area contributed by atoms with Crippen LogP contribution in [0.4, 0.5) is 5.69 Å². The summed E-state index contributed by atoms with van der Waals surface area (Å²) in [5, 5.41) is 14.9. The number of nitrogens with one attached hydrogen (secondary N) is 2. The first-order valence-corrected chi connectivity index (χ1v) is 5.97. The molecule has 18 heavy (non-hydrogen) atoms. The lowest BCUT2D eigenvalue weighted by molar-refractivity contribution is -0.117. The zero-order valence-corrected chi connectivity index (χ0v) is 10.3. The molecule has 0 aliphatic carbocycles. The summed E-state index contributed by atoms with van der Waals surface area (Å²) in [6.45, 7) is 1.69.